The van der Waals surface area contributed by atoms with Gasteiger partial charge in [0.25, 0.3) is 0 Å². The molecule has 0 amide bonds. The lowest BCUT2D eigenvalue weighted by Crippen LogP contribution is -2.55. The molecule has 0 unspecified atom stereocenters. The molecule has 1 N–H and O–H groups in total. The third-order valence-corrected chi connectivity index (χ3v) is 8.19. The van der Waals surface area contributed by atoms with Crippen molar-refractivity contribution in [1.82, 2.24) is 0 Å². The van der Waals surface area contributed by atoms with Gasteiger partial charge < -0.3 is 5.11 Å². The molecule has 0 aromatic carbocycles. The molecule has 4 aliphatic rings. The van der Waals surface area contributed by atoms with Crippen molar-refractivity contribution in [2.24, 2.45) is 34.5 Å². The van der Waals surface area contributed by atoms with Gasteiger partial charge in [-0.2, -0.15) is 0 Å². The summed E-state index contributed by atoms with van der Waals surface area (Å²) in [4.78, 5) is 37.4. The number of fused-ring (bicyclic) bond motifs is 5. The molecular weight excluding hydrogens is 316 g/mol. The standard InChI is InChI=1S/C21H28O4/c1-20-8-7-13(23)9-12(20)3-4-14-15-5-6-16(18(25)11-22)21(15,2)10-17(24)19(14)20/h9,14-16,19,22H,3-8,10-11H2,1-2H3/t14-,15-,16+,19+,20-,21-/m1/s1. The highest BCUT2D eigenvalue weighted by Crippen LogP contribution is 2.65. The Bertz CT molecular complexity index is 677. The summed E-state index contributed by atoms with van der Waals surface area (Å²) in [6, 6.07) is 0. The fourth-order valence-electron chi connectivity index (χ4n) is 7.02. The smallest absolute Gasteiger partial charge is 0.161 e. The van der Waals surface area contributed by atoms with Gasteiger partial charge in [0.1, 0.15) is 12.4 Å². The minimum atomic E-state index is -0.415. The SMILES string of the molecule is C[C@@]12CC(=O)[C@@H]3[C@H](CCC4=CC(=O)CC[C@]43C)[C@H]1CC[C@H]2C(=O)CO. The molecule has 0 radical (unpaired) electrons. The number of aliphatic hydroxyl groups excluding tert-OH is 1. The lowest BCUT2D eigenvalue weighted by molar-refractivity contribution is -0.149. The van der Waals surface area contributed by atoms with Gasteiger partial charge in [0.15, 0.2) is 11.6 Å². The van der Waals surface area contributed by atoms with Gasteiger partial charge in [0.05, 0.1) is 0 Å². The lowest BCUT2D eigenvalue weighted by Gasteiger charge is -2.56. The first-order valence-electron chi connectivity index (χ1n) is 9.71. The summed E-state index contributed by atoms with van der Waals surface area (Å²) in [5.74, 6) is 0.913. The predicted octanol–water partition coefficient (Wildman–Crippen LogP) is 2.87. The normalized spacial score (nSPS) is 46.1. The summed E-state index contributed by atoms with van der Waals surface area (Å²) in [6.45, 7) is 3.88. The van der Waals surface area contributed by atoms with Gasteiger partial charge >= 0.3 is 0 Å². The highest BCUT2D eigenvalue weighted by atomic mass is 16.3. The molecule has 25 heavy (non-hydrogen) atoms. The summed E-state index contributed by atoms with van der Waals surface area (Å²) < 4.78 is 0. The highest BCUT2D eigenvalue weighted by Gasteiger charge is 2.62. The molecule has 0 spiro atoms. The van der Waals surface area contributed by atoms with E-state index in [0.717, 1.165) is 32.1 Å². The Balaban J connectivity index is 1.71. The molecule has 0 aromatic heterocycles. The first-order chi connectivity index (χ1) is 11.8. The number of hydrogen-bond acceptors (Lipinski definition) is 4. The zero-order valence-corrected chi connectivity index (χ0v) is 15.2. The maximum Gasteiger partial charge on any atom is 0.161 e. The van der Waals surface area contributed by atoms with Crippen molar-refractivity contribution < 1.29 is 19.5 Å². The first kappa shape index (κ1) is 17.1. The zero-order chi connectivity index (χ0) is 18.0. The van der Waals surface area contributed by atoms with Gasteiger partial charge in [0.2, 0.25) is 0 Å². The van der Waals surface area contributed by atoms with Crippen LogP contribution in [0.25, 0.3) is 0 Å². The minimum Gasteiger partial charge on any atom is -0.389 e. The van der Waals surface area contributed by atoms with E-state index in [1.54, 1.807) is 0 Å². The van der Waals surface area contributed by atoms with Crippen LogP contribution in [-0.4, -0.2) is 29.1 Å². The summed E-state index contributed by atoms with van der Waals surface area (Å²) in [5.41, 5.74) is 0.719. The molecule has 0 heterocycles. The van der Waals surface area contributed by atoms with Crippen molar-refractivity contribution in [1.29, 1.82) is 0 Å². The predicted molar refractivity (Wildman–Crippen MR) is 92.7 cm³/mol. The van der Waals surface area contributed by atoms with Crippen LogP contribution in [0.2, 0.25) is 0 Å². The van der Waals surface area contributed by atoms with Crippen LogP contribution in [0.3, 0.4) is 0 Å². The number of hydrogen-bond donors (Lipinski definition) is 1. The quantitative estimate of drug-likeness (QED) is 0.836. The fourth-order valence-corrected chi connectivity index (χ4v) is 7.02. The number of rotatable bonds is 2. The van der Waals surface area contributed by atoms with Gasteiger partial charge in [-0.25, -0.2) is 0 Å². The van der Waals surface area contributed by atoms with Crippen LogP contribution in [0.15, 0.2) is 11.6 Å². The van der Waals surface area contributed by atoms with Crippen molar-refractivity contribution in [2.45, 2.75) is 58.8 Å². The van der Waals surface area contributed by atoms with Gasteiger partial charge in [-0.05, 0) is 60.8 Å². The number of carbonyl (C=O) groups is 3. The first-order valence-corrected chi connectivity index (χ1v) is 9.71. The second kappa shape index (κ2) is 5.60. The van der Waals surface area contributed by atoms with Crippen molar-refractivity contribution in [3.8, 4) is 0 Å². The van der Waals surface area contributed by atoms with E-state index in [0.29, 0.717) is 24.7 Å². The van der Waals surface area contributed by atoms with E-state index in [9.17, 15) is 19.5 Å². The van der Waals surface area contributed by atoms with Crippen LogP contribution >= 0.6 is 0 Å². The largest absolute Gasteiger partial charge is 0.389 e. The molecule has 4 heteroatoms. The van der Waals surface area contributed by atoms with Crippen LogP contribution in [0.4, 0.5) is 0 Å². The van der Waals surface area contributed by atoms with Crippen LogP contribution in [0.5, 0.6) is 0 Å². The van der Waals surface area contributed by atoms with Crippen molar-refractivity contribution in [2.75, 3.05) is 6.61 Å². The molecule has 0 aromatic rings. The molecule has 3 saturated carbocycles. The van der Waals surface area contributed by atoms with Gasteiger partial charge in [-0.1, -0.05) is 19.4 Å². The Morgan fingerprint density at radius 1 is 1.20 bits per heavy atom. The number of ketones is 3. The second-order valence-electron chi connectivity index (χ2n) is 9.24. The van der Waals surface area contributed by atoms with Crippen molar-refractivity contribution in [3.63, 3.8) is 0 Å². The highest BCUT2D eigenvalue weighted by molar-refractivity contribution is 5.93. The van der Waals surface area contributed by atoms with Gasteiger partial charge in [0, 0.05) is 24.7 Å². The van der Waals surface area contributed by atoms with Crippen molar-refractivity contribution >= 4 is 17.3 Å². The maximum absolute atomic E-state index is 13.3. The zero-order valence-electron chi connectivity index (χ0n) is 15.2. The molecule has 136 valence electrons. The monoisotopic (exact) mass is 344 g/mol. The number of Topliss-reactive ketones (excluding diaryl/α,β-unsaturated/α-hetero) is 2. The molecule has 4 nitrogen and oxygen atoms in total. The Hall–Kier alpha value is -1.29. The lowest BCUT2D eigenvalue weighted by atomic mass is 9.46. The molecule has 3 fully saturated rings. The Labute approximate surface area is 149 Å². The van der Waals surface area contributed by atoms with E-state index in [-0.39, 0.29) is 40.0 Å². The summed E-state index contributed by atoms with van der Waals surface area (Å²) >= 11 is 0. The average Bonchev–Trinajstić information content (AvgIpc) is 2.91. The summed E-state index contributed by atoms with van der Waals surface area (Å²) in [5, 5.41) is 9.34. The van der Waals surface area contributed by atoms with Crippen LogP contribution in [0.1, 0.15) is 58.8 Å². The number of aliphatic hydroxyl groups is 1. The Morgan fingerprint density at radius 2 is 1.96 bits per heavy atom. The Kier molecular flexibility index (Phi) is 3.84. The fraction of sp³-hybridized carbons (Fsp3) is 0.762. The van der Waals surface area contributed by atoms with Crippen LogP contribution in [-0.2, 0) is 14.4 Å². The topological polar surface area (TPSA) is 71.4 Å². The third-order valence-electron chi connectivity index (χ3n) is 8.19. The summed E-state index contributed by atoms with van der Waals surface area (Å²) in [7, 11) is 0. The van der Waals surface area contributed by atoms with Crippen LogP contribution in [0, 0.1) is 34.5 Å². The molecule has 0 aliphatic heterocycles. The average molecular weight is 344 g/mol. The van der Waals surface area contributed by atoms with E-state index in [4.69, 9.17) is 0 Å². The second-order valence-corrected chi connectivity index (χ2v) is 9.24. The van der Waals surface area contributed by atoms with E-state index in [1.807, 2.05) is 6.08 Å². The molecule has 0 saturated heterocycles. The number of carbonyl (C=O) groups excluding carboxylic acids is 3. The minimum absolute atomic E-state index is 0.00153. The summed E-state index contributed by atoms with van der Waals surface area (Å²) in [6.07, 6.45) is 7.23. The molecular formula is C21H28O4. The Morgan fingerprint density at radius 3 is 2.68 bits per heavy atom. The van der Waals surface area contributed by atoms with E-state index < -0.39 is 6.61 Å². The van der Waals surface area contributed by atoms with Crippen LogP contribution < -0.4 is 0 Å². The van der Waals surface area contributed by atoms with Gasteiger partial charge in [-0.3, -0.25) is 14.4 Å². The maximum atomic E-state index is 13.3. The van der Waals surface area contributed by atoms with E-state index in [1.165, 1.54) is 5.57 Å². The number of allylic oxidation sites excluding steroid dienone is 1. The molecule has 4 rings (SSSR count). The van der Waals surface area contributed by atoms with E-state index in [2.05, 4.69) is 13.8 Å². The molecule has 6 atom stereocenters. The third kappa shape index (κ3) is 2.26. The molecule has 4 aliphatic carbocycles. The molecule has 0 bridgehead atoms. The van der Waals surface area contributed by atoms with E-state index >= 15 is 0 Å². The van der Waals surface area contributed by atoms with Gasteiger partial charge in [-0.15, -0.1) is 0 Å². The van der Waals surface area contributed by atoms with Crippen molar-refractivity contribution in [3.05, 3.63) is 11.6 Å².